The molecule has 2 aliphatic heterocycles. The van der Waals surface area contributed by atoms with Crippen molar-refractivity contribution in [2.75, 3.05) is 19.8 Å². The van der Waals surface area contributed by atoms with Gasteiger partial charge in [-0.15, -0.1) is 0 Å². The van der Waals surface area contributed by atoms with Gasteiger partial charge in [0, 0.05) is 30.9 Å². The van der Waals surface area contributed by atoms with Crippen LogP contribution in [0.2, 0.25) is 0 Å². The van der Waals surface area contributed by atoms with Crippen LogP contribution in [0.1, 0.15) is 36.8 Å². The fraction of sp³-hybridized carbons (Fsp3) is 0.500. The fourth-order valence-electron chi connectivity index (χ4n) is 4.76. The number of ether oxygens (including phenoxy) is 2. The zero-order valence-corrected chi connectivity index (χ0v) is 14.8. The van der Waals surface area contributed by atoms with Crippen LogP contribution in [-0.4, -0.2) is 40.3 Å². The molecule has 0 saturated heterocycles. The number of carbonyl (C=O) groups excluding carboxylic acids is 1. The summed E-state index contributed by atoms with van der Waals surface area (Å²) in [6.45, 7) is 2.91. The summed E-state index contributed by atoms with van der Waals surface area (Å²) in [6, 6.07) is 6.13. The zero-order valence-electron chi connectivity index (χ0n) is 14.8. The Bertz CT molecular complexity index is 825. The van der Waals surface area contributed by atoms with E-state index in [1.54, 1.807) is 10.9 Å². The molecule has 0 radical (unpaired) electrons. The van der Waals surface area contributed by atoms with Gasteiger partial charge in [0.05, 0.1) is 0 Å². The monoisotopic (exact) mass is 353 g/mol. The number of hydrogen-bond donors (Lipinski definition) is 0. The maximum Gasteiger partial charge on any atom is 0.244 e. The summed E-state index contributed by atoms with van der Waals surface area (Å²) in [4.78, 5) is 14.9. The van der Waals surface area contributed by atoms with Crippen molar-refractivity contribution < 1.29 is 14.3 Å². The lowest BCUT2D eigenvalue weighted by molar-refractivity contribution is -0.134. The van der Waals surface area contributed by atoms with Crippen LogP contribution in [0.4, 0.5) is 0 Å². The van der Waals surface area contributed by atoms with E-state index in [9.17, 15) is 4.79 Å². The maximum atomic E-state index is 12.9. The second-order valence-corrected chi connectivity index (χ2v) is 7.59. The molecular weight excluding hydrogens is 330 g/mol. The molecular formula is C20H23N3O3. The molecule has 3 heterocycles. The highest BCUT2D eigenvalue weighted by Crippen LogP contribution is 2.49. The third-order valence-corrected chi connectivity index (χ3v) is 5.96. The number of rotatable bonds is 2. The largest absolute Gasteiger partial charge is 0.486 e. The lowest BCUT2D eigenvalue weighted by Crippen LogP contribution is -2.47. The Labute approximate surface area is 152 Å². The molecule has 0 unspecified atom stereocenters. The summed E-state index contributed by atoms with van der Waals surface area (Å²) in [5, 5.41) is 4.17. The summed E-state index contributed by atoms with van der Waals surface area (Å²) in [7, 11) is 0. The Morgan fingerprint density at radius 2 is 1.92 bits per heavy atom. The van der Waals surface area contributed by atoms with Crippen LogP contribution >= 0.6 is 0 Å². The van der Waals surface area contributed by atoms with Gasteiger partial charge in [-0.1, -0.05) is 12.8 Å². The normalized spacial score (nSPS) is 20.2. The third-order valence-electron chi connectivity index (χ3n) is 5.96. The minimum Gasteiger partial charge on any atom is -0.486 e. The molecule has 6 heteroatoms. The van der Waals surface area contributed by atoms with Gasteiger partial charge in [0.15, 0.2) is 11.5 Å². The highest BCUT2D eigenvalue weighted by Gasteiger charge is 2.43. The molecule has 5 rings (SSSR count). The van der Waals surface area contributed by atoms with Crippen LogP contribution in [0.15, 0.2) is 30.6 Å². The summed E-state index contributed by atoms with van der Waals surface area (Å²) >= 11 is 0. The van der Waals surface area contributed by atoms with Crippen molar-refractivity contribution in [1.82, 2.24) is 14.7 Å². The van der Waals surface area contributed by atoms with Gasteiger partial charge in [0.1, 0.15) is 19.8 Å². The van der Waals surface area contributed by atoms with Crippen LogP contribution in [0.25, 0.3) is 0 Å². The van der Waals surface area contributed by atoms with Crippen molar-refractivity contribution in [2.24, 2.45) is 0 Å². The van der Waals surface area contributed by atoms with Gasteiger partial charge in [0.2, 0.25) is 5.91 Å². The van der Waals surface area contributed by atoms with Gasteiger partial charge in [-0.2, -0.15) is 5.10 Å². The Kier molecular flexibility index (Phi) is 3.65. The molecule has 1 saturated carbocycles. The second-order valence-electron chi connectivity index (χ2n) is 7.59. The lowest BCUT2D eigenvalue weighted by Gasteiger charge is -2.43. The van der Waals surface area contributed by atoms with Gasteiger partial charge in [0.25, 0.3) is 0 Å². The molecule has 26 heavy (non-hydrogen) atoms. The predicted molar refractivity (Wildman–Crippen MR) is 95.2 cm³/mol. The molecule has 6 nitrogen and oxygen atoms in total. The Morgan fingerprint density at radius 3 is 2.65 bits per heavy atom. The van der Waals surface area contributed by atoms with Gasteiger partial charge in [-0.05, 0) is 42.2 Å². The second kappa shape index (κ2) is 6.04. The van der Waals surface area contributed by atoms with Crippen molar-refractivity contribution >= 4 is 5.91 Å². The number of nitrogens with zero attached hydrogens (tertiary/aromatic N) is 3. The molecule has 2 aromatic rings. The molecule has 1 aromatic heterocycles. The molecule has 1 amide bonds. The maximum absolute atomic E-state index is 12.9. The molecule has 1 aliphatic carbocycles. The number of aromatic nitrogens is 2. The summed E-state index contributed by atoms with van der Waals surface area (Å²) < 4.78 is 13.3. The van der Waals surface area contributed by atoms with Gasteiger partial charge in [-0.3, -0.25) is 9.48 Å². The summed E-state index contributed by atoms with van der Waals surface area (Å²) in [5.74, 6) is 1.79. The smallest absolute Gasteiger partial charge is 0.244 e. The van der Waals surface area contributed by atoms with Crippen LogP contribution in [0, 0.1) is 0 Å². The van der Waals surface area contributed by atoms with E-state index in [-0.39, 0.29) is 11.3 Å². The van der Waals surface area contributed by atoms with Crippen molar-refractivity contribution in [3.05, 3.63) is 41.7 Å². The van der Waals surface area contributed by atoms with E-state index >= 15 is 0 Å². The zero-order chi connectivity index (χ0) is 17.6. The van der Waals surface area contributed by atoms with Crippen molar-refractivity contribution in [3.63, 3.8) is 0 Å². The summed E-state index contributed by atoms with van der Waals surface area (Å²) in [5.41, 5.74) is 2.63. The van der Waals surface area contributed by atoms with E-state index in [4.69, 9.17) is 9.47 Å². The molecule has 3 aliphatic rings. The van der Waals surface area contributed by atoms with Gasteiger partial charge < -0.3 is 14.4 Å². The van der Waals surface area contributed by atoms with Crippen molar-refractivity contribution in [2.45, 2.75) is 44.2 Å². The molecule has 1 spiro atoms. The first-order valence-electron chi connectivity index (χ1n) is 9.42. The quantitative estimate of drug-likeness (QED) is 0.832. The van der Waals surface area contributed by atoms with E-state index in [1.807, 2.05) is 17.2 Å². The molecule has 0 atom stereocenters. The van der Waals surface area contributed by atoms with Crippen LogP contribution in [0.3, 0.4) is 0 Å². The van der Waals surface area contributed by atoms with Crippen LogP contribution < -0.4 is 9.47 Å². The first-order valence-corrected chi connectivity index (χ1v) is 9.42. The Morgan fingerprint density at radius 1 is 1.15 bits per heavy atom. The van der Waals surface area contributed by atoms with Crippen LogP contribution in [0.5, 0.6) is 11.5 Å². The predicted octanol–water partition coefficient (Wildman–Crippen LogP) is 2.51. The van der Waals surface area contributed by atoms with E-state index in [0.29, 0.717) is 26.3 Å². The molecule has 0 N–H and O–H groups in total. The number of fused-ring (bicyclic) bond motifs is 3. The van der Waals surface area contributed by atoms with E-state index in [1.165, 1.54) is 24.0 Å². The minimum atomic E-state index is 0.0587. The lowest BCUT2D eigenvalue weighted by atomic mass is 9.73. The molecule has 0 bridgehead atoms. The third kappa shape index (κ3) is 2.55. The number of hydrogen-bond acceptors (Lipinski definition) is 4. The molecule has 1 fully saturated rings. The first-order chi connectivity index (χ1) is 12.7. The van der Waals surface area contributed by atoms with Crippen LogP contribution in [-0.2, 0) is 23.3 Å². The topological polar surface area (TPSA) is 56.6 Å². The molecule has 1 aromatic carbocycles. The molecule has 136 valence electrons. The average Bonchev–Trinajstić information content (AvgIpc) is 3.33. The van der Waals surface area contributed by atoms with E-state index < -0.39 is 0 Å². The SMILES string of the molecule is O=C(Cn1cccn1)N1Cc2cc3c(cc2C2(CCCC2)C1)OCCO3. The number of amides is 1. The Hall–Kier alpha value is -2.50. The highest BCUT2D eigenvalue weighted by molar-refractivity contribution is 5.76. The number of carbonyl (C=O) groups is 1. The average molecular weight is 353 g/mol. The first kappa shape index (κ1) is 15.7. The fourth-order valence-corrected chi connectivity index (χ4v) is 4.76. The van der Waals surface area contributed by atoms with E-state index in [2.05, 4.69) is 17.2 Å². The highest BCUT2D eigenvalue weighted by atomic mass is 16.6. The van der Waals surface area contributed by atoms with Gasteiger partial charge >= 0.3 is 0 Å². The van der Waals surface area contributed by atoms with E-state index in [0.717, 1.165) is 30.9 Å². The van der Waals surface area contributed by atoms with Crippen molar-refractivity contribution in [1.29, 1.82) is 0 Å². The number of benzene rings is 1. The minimum absolute atomic E-state index is 0.0587. The standard InChI is InChI=1S/C20H23N3O3/c24-19(13-23-7-3-6-21-23)22-12-15-10-17-18(26-9-8-25-17)11-16(15)20(14-22)4-1-2-5-20/h3,6-7,10-11H,1-2,4-5,8-9,12-14H2. The summed E-state index contributed by atoms with van der Waals surface area (Å²) in [6.07, 6.45) is 8.24. The Balaban J connectivity index is 1.50. The van der Waals surface area contributed by atoms with Crippen molar-refractivity contribution in [3.8, 4) is 11.5 Å². The van der Waals surface area contributed by atoms with Gasteiger partial charge in [-0.25, -0.2) is 0 Å².